The Labute approximate surface area is 219 Å². The van der Waals surface area contributed by atoms with Crippen molar-refractivity contribution in [3.8, 4) is 46.5 Å². The van der Waals surface area contributed by atoms with Crippen molar-refractivity contribution in [1.82, 2.24) is 9.97 Å². The summed E-state index contributed by atoms with van der Waals surface area (Å²) < 4.78 is 0. The highest BCUT2D eigenvalue weighted by Gasteiger charge is 2.24. The van der Waals surface area contributed by atoms with E-state index in [1.165, 1.54) is 0 Å². The van der Waals surface area contributed by atoms with Gasteiger partial charge in [0.25, 0.3) is 0 Å². The summed E-state index contributed by atoms with van der Waals surface area (Å²) in [5, 5.41) is 38.1. The molecule has 0 aliphatic heterocycles. The second-order valence-corrected chi connectivity index (χ2v) is 8.20. The van der Waals surface area contributed by atoms with Crippen molar-refractivity contribution in [3.05, 3.63) is 95.3 Å². The van der Waals surface area contributed by atoms with Crippen molar-refractivity contribution in [1.29, 1.82) is 21.0 Å². The largest absolute Gasteiger partial charge is 0.383 e. The van der Waals surface area contributed by atoms with E-state index in [9.17, 15) is 21.0 Å². The molecule has 0 aliphatic rings. The van der Waals surface area contributed by atoms with Crippen molar-refractivity contribution in [2.45, 2.75) is 6.92 Å². The fourth-order valence-electron chi connectivity index (χ4n) is 3.99. The van der Waals surface area contributed by atoms with Gasteiger partial charge < -0.3 is 5.73 Å². The van der Waals surface area contributed by atoms with Crippen molar-refractivity contribution in [2.24, 2.45) is 10.7 Å². The van der Waals surface area contributed by atoms with E-state index in [2.05, 4.69) is 34.2 Å². The van der Waals surface area contributed by atoms with Gasteiger partial charge in [0.05, 0.1) is 28.4 Å². The summed E-state index contributed by atoms with van der Waals surface area (Å²) in [6.07, 6.45) is 1.58. The monoisotopic (exact) mass is 490 g/mol. The molecule has 1 aromatic heterocycles. The molecule has 8 nitrogen and oxygen atoms in total. The molecule has 4 rings (SSSR count). The summed E-state index contributed by atoms with van der Waals surface area (Å²) in [4.78, 5) is 13.7. The van der Waals surface area contributed by atoms with Crippen molar-refractivity contribution < 1.29 is 0 Å². The zero-order chi connectivity index (χ0) is 27.4. The maximum atomic E-state index is 9.73. The van der Waals surface area contributed by atoms with Gasteiger partial charge in [0, 0.05) is 16.7 Å². The summed E-state index contributed by atoms with van der Waals surface area (Å²) >= 11 is 0. The standard InChI is InChI=1S/C30H18N8/c1-4-22-25(20-11-7-19(14-32)8-12-20)28-29(37-24(16-34)23(15-33)36-28)26(21-9-5-17(2)6-10-21)27(22)38-30(35)18(3)13-31/h4-12H,1,3H2,2H3,(H2,35,38). The van der Waals surface area contributed by atoms with Gasteiger partial charge in [-0.05, 0) is 30.2 Å². The third-order valence-electron chi connectivity index (χ3n) is 5.87. The lowest BCUT2D eigenvalue weighted by molar-refractivity contribution is 1.20. The van der Waals surface area contributed by atoms with Gasteiger partial charge >= 0.3 is 0 Å². The first-order valence-electron chi connectivity index (χ1n) is 11.2. The number of aryl methyl sites for hydroxylation is 1. The molecule has 4 aromatic rings. The van der Waals surface area contributed by atoms with Gasteiger partial charge in [0.1, 0.15) is 29.6 Å². The summed E-state index contributed by atoms with van der Waals surface area (Å²) in [5.74, 6) is -0.101. The molecule has 0 unspecified atom stereocenters. The third-order valence-corrected chi connectivity index (χ3v) is 5.87. The molecule has 2 N–H and O–H groups in total. The molecule has 178 valence electrons. The molecular formula is C30H18N8. The van der Waals surface area contributed by atoms with E-state index < -0.39 is 0 Å². The SMILES string of the molecule is C=Cc1c(N=C(N)C(=C)C#N)c(-c2ccc(C)cc2)c2nc(C#N)c(C#N)nc2c1-c1ccc(C#N)cc1. The van der Waals surface area contributed by atoms with Crippen LogP contribution in [0, 0.1) is 52.2 Å². The quantitative estimate of drug-likeness (QED) is 0.216. The van der Waals surface area contributed by atoms with Gasteiger partial charge in [0.2, 0.25) is 0 Å². The highest BCUT2D eigenvalue weighted by Crippen LogP contribution is 2.46. The second kappa shape index (κ2) is 10.3. The van der Waals surface area contributed by atoms with Gasteiger partial charge in [0.15, 0.2) is 11.4 Å². The van der Waals surface area contributed by atoms with E-state index in [0.29, 0.717) is 50.1 Å². The van der Waals surface area contributed by atoms with E-state index >= 15 is 0 Å². The lowest BCUT2D eigenvalue weighted by atomic mass is 9.89. The van der Waals surface area contributed by atoms with E-state index in [1.54, 1.807) is 30.3 Å². The van der Waals surface area contributed by atoms with E-state index in [0.717, 1.165) is 5.56 Å². The maximum Gasteiger partial charge on any atom is 0.177 e. The van der Waals surface area contributed by atoms with Crippen LogP contribution >= 0.6 is 0 Å². The first kappa shape index (κ1) is 25.0. The van der Waals surface area contributed by atoms with E-state index in [4.69, 9.17) is 5.73 Å². The van der Waals surface area contributed by atoms with Crippen LogP contribution in [0.4, 0.5) is 5.69 Å². The van der Waals surface area contributed by atoms with Crippen LogP contribution in [0.3, 0.4) is 0 Å². The number of hydrogen-bond donors (Lipinski definition) is 1. The summed E-state index contributed by atoms with van der Waals surface area (Å²) in [5.41, 5.74) is 11.2. The Balaban J connectivity index is 2.32. The summed E-state index contributed by atoms with van der Waals surface area (Å²) in [6, 6.07) is 22.2. The van der Waals surface area contributed by atoms with Gasteiger partial charge in [-0.15, -0.1) is 0 Å². The summed E-state index contributed by atoms with van der Waals surface area (Å²) in [6.45, 7) is 9.62. The number of hydrogen-bond acceptors (Lipinski definition) is 7. The predicted molar refractivity (Wildman–Crippen MR) is 145 cm³/mol. The molecule has 0 saturated heterocycles. The Kier molecular flexibility index (Phi) is 6.76. The average molecular weight is 491 g/mol. The highest BCUT2D eigenvalue weighted by molar-refractivity contribution is 6.12. The number of aliphatic imine (C=N–C) groups is 1. The third kappa shape index (κ3) is 4.34. The first-order chi connectivity index (χ1) is 18.4. The number of fused-ring (bicyclic) bond motifs is 1. The molecule has 1 heterocycles. The molecule has 0 radical (unpaired) electrons. The van der Waals surface area contributed by atoms with E-state index in [-0.39, 0.29) is 22.8 Å². The number of nitrogens with zero attached hydrogens (tertiary/aromatic N) is 7. The van der Waals surface area contributed by atoms with Crippen molar-refractivity contribution in [3.63, 3.8) is 0 Å². The Bertz CT molecular complexity index is 1830. The maximum absolute atomic E-state index is 9.73. The minimum atomic E-state index is -0.144. The molecule has 0 saturated carbocycles. The zero-order valence-electron chi connectivity index (χ0n) is 20.3. The van der Waals surface area contributed by atoms with Crippen LogP contribution in [-0.4, -0.2) is 15.8 Å². The minimum Gasteiger partial charge on any atom is -0.383 e. The number of nitrogens with two attached hydrogens (primary N) is 1. The Morgan fingerprint density at radius 3 is 1.87 bits per heavy atom. The molecule has 38 heavy (non-hydrogen) atoms. The fraction of sp³-hybridized carbons (Fsp3) is 0.0333. The smallest absolute Gasteiger partial charge is 0.177 e. The van der Waals surface area contributed by atoms with Crippen LogP contribution in [0.5, 0.6) is 0 Å². The van der Waals surface area contributed by atoms with E-state index in [1.807, 2.05) is 49.4 Å². The molecule has 8 heteroatoms. The number of nitriles is 4. The Morgan fingerprint density at radius 2 is 1.37 bits per heavy atom. The molecule has 3 aromatic carbocycles. The van der Waals surface area contributed by atoms with Crippen LogP contribution in [0.25, 0.3) is 39.4 Å². The van der Waals surface area contributed by atoms with Crippen molar-refractivity contribution in [2.75, 3.05) is 0 Å². The van der Waals surface area contributed by atoms with Gasteiger partial charge in [-0.1, -0.05) is 61.2 Å². The minimum absolute atomic E-state index is 0.0292. The molecule has 0 aliphatic carbocycles. The molecular weight excluding hydrogens is 472 g/mol. The van der Waals surface area contributed by atoms with Crippen molar-refractivity contribution >= 4 is 28.6 Å². The predicted octanol–water partition coefficient (Wildman–Crippen LogP) is 5.60. The normalized spacial score (nSPS) is 10.6. The number of benzene rings is 3. The summed E-state index contributed by atoms with van der Waals surface area (Å²) in [7, 11) is 0. The number of amidine groups is 1. The van der Waals surface area contributed by atoms with Gasteiger partial charge in [-0.3, -0.25) is 0 Å². The van der Waals surface area contributed by atoms with Gasteiger partial charge in [-0.2, -0.15) is 21.0 Å². The number of aromatic nitrogens is 2. The van der Waals surface area contributed by atoms with Gasteiger partial charge in [-0.25, -0.2) is 15.0 Å². The topological polar surface area (TPSA) is 159 Å². The van der Waals surface area contributed by atoms with Crippen LogP contribution in [0.1, 0.15) is 28.1 Å². The molecule has 0 spiro atoms. The lowest BCUT2D eigenvalue weighted by Gasteiger charge is -2.19. The number of rotatable bonds is 5. The average Bonchev–Trinajstić information content (AvgIpc) is 2.95. The van der Waals surface area contributed by atoms with Crippen LogP contribution in [0.15, 0.2) is 72.3 Å². The second-order valence-electron chi connectivity index (χ2n) is 8.20. The first-order valence-corrected chi connectivity index (χ1v) is 11.2. The lowest BCUT2D eigenvalue weighted by Crippen LogP contribution is -2.13. The van der Waals surface area contributed by atoms with Crippen LogP contribution in [0.2, 0.25) is 0 Å². The molecule has 0 atom stereocenters. The van der Waals surface area contributed by atoms with Crippen LogP contribution < -0.4 is 5.73 Å². The highest BCUT2D eigenvalue weighted by atomic mass is 14.9. The Hall–Kier alpha value is -6.09. The Morgan fingerprint density at radius 1 is 0.842 bits per heavy atom. The zero-order valence-corrected chi connectivity index (χ0v) is 20.3. The van der Waals surface area contributed by atoms with Crippen LogP contribution in [-0.2, 0) is 0 Å². The fourth-order valence-corrected chi connectivity index (χ4v) is 3.99. The molecule has 0 amide bonds. The molecule has 0 fully saturated rings. The molecule has 0 bridgehead atoms.